The van der Waals surface area contributed by atoms with E-state index in [1.807, 2.05) is 30.3 Å². The molecule has 2 fully saturated rings. The number of benzene rings is 3. The van der Waals surface area contributed by atoms with Crippen molar-refractivity contribution >= 4 is 34.6 Å². The van der Waals surface area contributed by atoms with E-state index >= 15 is 0 Å². The normalized spacial score (nSPS) is 18.2. The largest absolute Gasteiger partial charge is 0.494 e. The lowest BCUT2D eigenvalue weighted by Gasteiger charge is -2.40. The maximum Gasteiger partial charge on any atom is 0.247 e. The number of carbonyl (C=O) groups is 1. The number of ether oxygens (including phenoxy) is 1. The molecule has 4 aromatic rings. The summed E-state index contributed by atoms with van der Waals surface area (Å²) < 4.78 is 33.9. The highest BCUT2D eigenvalue weighted by molar-refractivity contribution is 6.02. The van der Waals surface area contributed by atoms with Crippen LogP contribution in [0.4, 0.5) is 37.5 Å². The second-order valence-electron chi connectivity index (χ2n) is 11.6. The molecule has 47 heavy (non-hydrogen) atoms. The lowest BCUT2D eigenvalue weighted by Crippen LogP contribution is -2.50. The van der Waals surface area contributed by atoms with Gasteiger partial charge in [-0.25, -0.2) is 23.8 Å². The minimum absolute atomic E-state index is 0.207. The van der Waals surface area contributed by atoms with Crippen molar-refractivity contribution in [2.45, 2.75) is 25.4 Å². The van der Waals surface area contributed by atoms with Crippen LogP contribution < -0.4 is 25.3 Å². The summed E-state index contributed by atoms with van der Waals surface area (Å²) in [6.07, 6.45) is 3.35. The summed E-state index contributed by atoms with van der Waals surface area (Å²) in [5, 5.41) is 8.00. The fraction of sp³-hybridized carbons (Fsp3) is 0.286. The van der Waals surface area contributed by atoms with Gasteiger partial charge in [0, 0.05) is 55.9 Å². The van der Waals surface area contributed by atoms with Crippen molar-refractivity contribution in [3.05, 3.63) is 96.8 Å². The van der Waals surface area contributed by atoms with Gasteiger partial charge >= 0.3 is 0 Å². The Balaban J connectivity index is 1.28. The first-order valence-corrected chi connectivity index (χ1v) is 15.4. The summed E-state index contributed by atoms with van der Waals surface area (Å²) in [4.78, 5) is 31.9. The number of methoxy groups -OCH3 is 1. The molecular weight excluding hydrogens is 604 g/mol. The molecule has 10 nitrogen and oxygen atoms in total. The van der Waals surface area contributed by atoms with Gasteiger partial charge in [-0.05, 0) is 55.4 Å². The van der Waals surface area contributed by atoms with Crippen LogP contribution in [0.15, 0.2) is 79.6 Å². The smallest absolute Gasteiger partial charge is 0.247 e. The number of aromatic nitrogens is 2. The molecule has 0 radical (unpaired) electrons. The van der Waals surface area contributed by atoms with Crippen molar-refractivity contribution in [2.24, 2.45) is 0 Å². The van der Waals surface area contributed by atoms with E-state index in [1.165, 1.54) is 24.5 Å². The molecule has 2 atom stereocenters. The standard InChI is InChI=1S/C35H37F2N7O3/c1-5-35(45)41-28-17-29(32(46-4)18-31(28)43-13-12-42(3)22(2)20-43)40-33-19-34(39-21-38-33)44-30(11-14-47-44)24-8-6-7-23(15-24)26-10-9-25(36)16-27(26)37/h5-10,15-19,21-22,30H,1,11-14,20H2,2-4H3,(H,41,45)(H,38,39,40)/t22-,30+/m0/s1. The lowest BCUT2D eigenvalue weighted by molar-refractivity contribution is -0.111. The third-order valence-corrected chi connectivity index (χ3v) is 8.62. The molecule has 12 heteroatoms. The maximum absolute atomic E-state index is 14.6. The monoisotopic (exact) mass is 641 g/mol. The van der Waals surface area contributed by atoms with Gasteiger partial charge in [-0.1, -0.05) is 24.8 Å². The summed E-state index contributed by atoms with van der Waals surface area (Å²) in [7, 11) is 3.70. The van der Waals surface area contributed by atoms with E-state index in [4.69, 9.17) is 9.57 Å². The summed E-state index contributed by atoms with van der Waals surface area (Å²) in [5.41, 5.74) is 3.91. The van der Waals surface area contributed by atoms with Gasteiger partial charge in [0.1, 0.15) is 29.5 Å². The van der Waals surface area contributed by atoms with E-state index in [0.717, 1.165) is 37.0 Å². The van der Waals surface area contributed by atoms with E-state index in [9.17, 15) is 13.6 Å². The van der Waals surface area contributed by atoms with Gasteiger partial charge in [0.05, 0.1) is 36.8 Å². The molecule has 0 spiro atoms. The molecule has 0 unspecified atom stereocenters. The second kappa shape index (κ2) is 13.7. The summed E-state index contributed by atoms with van der Waals surface area (Å²) in [6, 6.07) is 16.7. The van der Waals surface area contributed by atoms with Crippen LogP contribution in [0.1, 0.15) is 24.9 Å². The number of anilines is 5. The Morgan fingerprint density at radius 1 is 1.09 bits per heavy atom. The lowest BCUT2D eigenvalue weighted by atomic mass is 9.98. The Labute approximate surface area is 272 Å². The molecule has 3 heterocycles. The predicted octanol–water partition coefficient (Wildman–Crippen LogP) is 6.32. The van der Waals surface area contributed by atoms with Gasteiger partial charge in [-0.15, -0.1) is 0 Å². The van der Waals surface area contributed by atoms with Crippen molar-refractivity contribution in [1.29, 1.82) is 0 Å². The van der Waals surface area contributed by atoms with Crippen LogP contribution in [0.5, 0.6) is 5.75 Å². The van der Waals surface area contributed by atoms with E-state index in [-0.39, 0.29) is 11.9 Å². The van der Waals surface area contributed by atoms with Crippen molar-refractivity contribution in [3.8, 4) is 16.9 Å². The minimum atomic E-state index is -0.623. The maximum atomic E-state index is 14.6. The van der Waals surface area contributed by atoms with Crippen LogP contribution >= 0.6 is 0 Å². The number of hydroxylamine groups is 1. The van der Waals surface area contributed by atoms with E-state index in [0.29, 0.717) is 59.0 Å². The van der Waals surface area contributed by atoms with Crippen LogP contribution in [-0.2, 0) is 9.63 Å². The van der Waals surface area contributed by atoms with E-state index < -0.39 is 11.6 Å². The first-order valence-electron chi connectivity index (χ1n) is 15.4. The highest BCUT2D eigenvalue weighted by Crippen LogP contribution is 2.40. The van der Waals surface area contributed by atoms with Crippen molar-refractivity contribution in [2.75, 3.05) is 61.0 Å². The average molecular weight is 642 g/mol. The number of hydrogen-bond acceptors (Lipinski definition) is 9. The molecule has 244 valence electrons. The third kappa shape index (κ3) is 6.88. The van der Waals surface area contributed by atoms with Crippen LogP contribution in [0.2, 0.25) is 0 Å². The van der Waals surface area contributed by atoms with Crippen LogP contribution in [-0.4, -0.2) is 67.2 Å². The molecule has 2 aliphatic rings. The zero-order valence-electron chi connectivity index (χ0n) is 26.5. The van der Waals surface area contributed by atoms with Crippen molar-refractivity contribution in [1.82, 2.24) is 14.9 Å². The van der Waals surface area contributed by atoms with E-state index in [2.05, 4.69) is 51.0 Å². The highest BCUT2D eigenvalue weighted by Gasteiger charge is 2.30. The Bertz CT molecular complexity index is 1790. The molecule has 2 N–H and O–H groups in total. The van der Waals surface area contributed by atoms with Gasteiger partial charge in [0.2, 0.25) is 5.91 Å². The van der Waals surface area contributed by atoms with Gasteiger partial charge in [-0.3, -0.25) is 9.63 Å². The van der Waals surface area contributed by atoms with Gasteiger partial charge < -0.3 is 25.2 Å². The number of carbonyl (C=O) groups excluding carboxylic acids is 1. The Morgan fingerprint density at radius 2 is 1.94 bits per heavy atom. The average Bonchev–Trinajstić information content (AvgIpc) is 3.57. The quantitative estimate of drug-likeness (QED) is 0.204. The molecule has 2 aliphatic heterocycles. The molecule has 0 saturated carbocycles. The Kier molecular flexibility index (Phi) is 9.32. The molecule has 6 rings (SSSR count). The van der Waals surface area contributed by atoms with Crippen LogP contribution in [0.3, 0.4) is 0 Å². The first-order chi connectivity index (χ1) is 22.7. The minimum Gasteiger partial charge on any atom is -0.494 e. The number of nitrogens with one attached hydrogen (secondary N) is 2. The fourth-order valence-electron chi connectivity index (χ4n) is 5.96. The number of piperazine rings is 1. The molecular formula is C35H37F2N7O3. The molecule has 0 bridgehead atoms. The number of rotatable bonds is 9. The van der Waals surface area contributed by atoms with Gasteiger partial charge in [0.25, 0.3) is 0 Å². The van der Waals surface area contributed by atoms with E-state index in [1.54, 1.807) is 24.3 Å². The number of amides is 1. The number of hydrogen-bond donors (Lipinski definition) is 2. The molecule has 0 aliphatic carbocycles. The summed E-state index contributed by atoms with van der Waals surface area (Å²) in [6.45, 7) is 8.71. The predicted molar refractivity (Wildman–Crippen MR) is 179 cm³/mol. The number of likely N-dealkylation sites (N-methyl/N-ethyl adjacent to an activating group) is 1. The second-order valence-corrected chi connectivity index (χ2v) is 11.6. The highest BCUT2D eigenvalue weighted by atomic mass is 19.1. The molecule has 2 saturated heterocycles. The van der Waals surface area contributed by atoms with Crippen molar-refractivity contribution < 1.29 is 23.1 Å². The first kappa shape index (κ1) is 31.9. The Morgan fingerprint density at radius 3 is 2.70 bits per heavy atom. The summed E-state index contributed by atoms with van der Waals surface area (Å²) >= 11 is 0. The van der Waals surface area contributed by atoms with Crippen LogP contribution in [0.25, 0.3) is 11.1 Å². The topological polar surface area (TPSA) is 95.1 Å². The van der Waals surface area contributed by atoms with Crippen molar-refractivity contribution in [3.63, 3.8) is 0 Å². The van der Waals surface area contributed by atoms with Gasteiger partial charge in [0.15, 0.2) is 5.82 Å². The zero-order valence-corrected chi connectivity index (χ0v) is 26.5. The SMILES string of the molecule is C=CC(=O)Nc1cc(Nc2cc(N3OCC[C@@H]3c3cccc(-c4ccc(F)cc4F)c3)ncn2)c(OC)cc1N1CCN(C)[C@@H](C)C1. The molecule has 1 aromatic heterocycles. The summed E-state index contributed by atoms with van der Waals surface area (Å²) in [5.74, 6) is 0.00176. The van der Waals surface area contributed by atoms with Crippen LogP contribution in [0, 0.1) is 11.6 Å². The number of halogens is 2. The third-order valence-electron chi connectivity index (χ3n) is 8.62. The molecule has 3 aromatic carbocycles. The Hall–Kier alpha value is -5.07. The molecule has 1 amide bonds. The fourth-order valence-corrected chi connectivity index (χ4v) is 5.96. The van der Waals surface area contributed by atoms with Gasteiger partial charge in [-0.2, -0.15) is 0 Å². The zero-order chi connectivity index (χ0) is 33.1. The number of nitrogens with zero attached hydrogens (tertiary/aromatic N) is 5.